The smallest absolute Gasteiger partial charge is 0.250 e. The summed E-state index contributed by atoms with van der Waals surface area (Å²) < 4.78 is 5.15. The van der Waals surface area contributed by atoms with Crippen molar-refractivity contribution in [2.24, 2.45) is 5.10 Å². The molecule has 36 heavy (non-hydrogen) atoms. The van der Waals surface area contributed by atoms with Crippen molar-refractivity contribution in [3.05, 3.63) is 88.3 Å². The summed E-state index contributed by atoms with van der Waals surface area (Å²) in [4.78, 5) is 18.5. The van der Waals surface area contributed by atoms with Crippen LogP contribution in [0.4, 0.5) is 0 Å². The number of carbonyl (C=O) groups is 1. The first-order valence-electron chi connectivity index (χ1n) is 11.4. The quantitative estimate of drug-likeness (QED) is 0.196. The second-order valence-electron chi connectivity index (χ2n) is 8.10. The highest BCUT2D eigenvalue weighted by molar-refractivity contribution is 8.00. The molecule has 0 unspecified atom stereocenters. The number of hydrazone groups is 1. The van der Waals surface area contributed by atoms with E-state index in [1.807, 2.05) is 53.9 Å². The Balaban J connectivity index is 1.40. The van der Waals surface area contributed by atoms with Gasteiger partial charge >= 0.3 is 0 Å². The SMILES string of the molecule is COc1ccc(/C=N/NC(=O)CSc2nc3c(c(-c4cccs4)c2C#N)CCc2ccccc2-3)cc1. The summed E-state index contributed by atoms with van der Waals surface area (Å²) in [7, 11) is 1.61. The lowest BCUT2D eigenvalue weighted by molar-refractivity contribution is -0.118. The van der Waals surface area contributed by atoms with Crippen LogP contribution in [0.5, 0.6) is 5.75 Å². The maximum absolute atomic E-state index is 12.5. The number of thioether (sulfide) groups is 1. The highest BCUT2D eigenvalue weighted by atomic mass is 32.2. The zero-order chi connectivity index (χ0) is 24.9. The predicted molar refractivity (Wildman–Crippen MR) is 145 cm³/mol. The Bertz CT molecular complexity index is 1470. The molecule has 0 saturated heterocycles. The third kappa shape index (κ3) is 4.89. The van der Waals surface area contributed by atoms with Gasteiger partial charge in [-0.05, 0) is 65.2 Å². The van der Waals surface area contributed by atoms with E-state index in [0.29, 0.717) is 10.6 Å². The standard InChI is InChI=1S/C28H22N4O2S2/c1-34-20-11-8-18(9-12-20)16-30-32-25(33)17-36-28-23(15-29)26(24-7-4-14-35-24)22-13-10-19-5-2-3-6-21(19)27(22)31-28/h2-9,11-12,14,16H,10,13,17H2,1H3,(H,32,33)/b30-16+. The predicted octanol–water partition coefficient (Wildman–Crippen LogP) is 5.70. The summed E-state index contributed by atoms with van der Waals surface area (Å²) in [6.45, 7) is 0. The molecule has 0 aliphatic heterocycles. The third-order valence-corrected chi connectivity index (χ3v) is 7.78. The fourth-order valence-corrected chi connectivity index (χ4v) is 5.82. The molecule has 2 aromatic heterocycles. The molecule has 178 valence electrons. The molecule has 0 radical (unpaired) electrons. The van der Waals surface area contributed by atoms with Crippen molar-refractivity contribution in [2.45, 2.75) is 17.9 Å². The molecule has 0 bridgehead atoms. The lowest BCUT2D eigenvalue weighted by Crippen LogP contribution is -2.20. The van der Waals surface area contributed by atoms with Crippen molar-refractivity contribution < 1.29 is 9.53 Å². The molecule has 1 aliphatic carbocycles. The van der Waals surface area contributed by atoms with E-state index in [1.165, 1.54) is 17.3 Å². The number of thiophene rings is 1. The first-order chi connectivity index (χ1) is 17.7. The summed E-state index contributed by atoms with van der Waals surface area (Å²) in [5.74, 6) is 0.570. The number of nitrogens with zero attached hydrogens (tertiary/aromatic N) is 3. The van der Waals surface area contributed by atoms with Gasteiger partial charge in [0.05, 0.1) is 30.3 Å². The summed E-state index contributed by atoms with van der Waals surface area (Å²) >= 11 is 2.87. The Morgan fingerprint density at radius 3 is 2.78 bits per heavy atom. The number of rotatable bonds is 7. The van der Waals surface area contributed by atoms with Crippen LogP contribution in [0.1, 0.15) is 22.3 Å². The van der Waals surface area contributed by atoms with Crippen LogP contribution in [0, 0.1) is 11.3 Å². The van der Waals surface area contributed by atoms with Gasteiger partial charge in [0.15, 0.2) is 0 Å². The molecule has 0 spiro atoms. The number of hydrogen-bond acceptors (Lipinski definition) is 7. The van der Waals surface area contributed by atoms with Crippen molar-refractivity contribution in [3.63, 3.8) is 0 Å². The van der Waals surface area contributed by atoms with E-state index in [2.05, 4.69) is 28.7 Å². The van der Waals surface area contributed by atoms with Gasteiger partial charge < -0.3 is 4.74 Å². The summed E-state index contributed by atoms with van der Waals surface area (Å²) in [6, 6.07) is 22.0. The maximum atomic E-state index is 12.5. The fraction of sp³-hybridized carbons (Fsp3) is 0.143. The number of aromatic nitrogens is 1. The molecule has 6 nitrogen and oxygen atoms in total. The van der Waals surface area contributed by atoms with Gasteiger partial charge in [0.2, 0.25) is 5.91 Å². The highest BCUT2D eigenvalue weighted by Crippen LogP contribution is 2.43. The van der Waals surface area contributed by atoms with E-state index >= 15 is 0 Å². The van der Waals surface area contributed by atoms with Gasteiger partial charge in [-0.3, -0.25) is 4.79 Å². The van der Waals surface area contributed by atoms with E-state index in [1.54, 1.807) is 24.7 Å². The lowest BCUT2D eigenvalue weighted by Gasteiger charge is -2.23. The molecule has 0 fully saturated rings. The van der Waals surface area contributed by atoms with Gasteiger partial charge in [-0.1, -0.05) is 42.1 Å². The summed E-state index contributed by atoms with van der Waals surface area (Å²) in [5.41, 5.74) is 9.21. The van der Waals surface area contributed by atoms with Crippen LogP contribution in [0.15, 0.2) is 76.2 Å². The van der Waals surface area contributed by atoms with E-state index in [-0.39, 0.29) is 11.7 Å². The molecule has 0 atom stereocenters. The number of nitrogens with one attached hydrogen (secondary N) is 1. The number of methoxy groups -OCH3 is 1. The number of benzene rings is 2. The van der Waals surface area contributed by atoms with Crippen molar-refractivity contribution in [3.8, 4) is 33.5 Å². The average molecular weight is 511 g/mol. The van der Waals surface area contributed by atoms with Crippen LogP contribution >= 0.6 is 23.1 Å². The zero-order valence-corrected chi connectivity index (χ0v) is 21.2. The average Bonchev–Trinajstić information content (AvgIpc) is 3.46. The molecule has 1 aliphatic rings. The Kier molecular flexibility index (Phi) is 7.12. The fourth-order valence-electron chi connectivity index (χ4n) is 4.23. The number of hydrogen-bond donors (Lipinski definition) is 1. The molecule has 2 heterocycles. The minimum atomic E-state index is -0.272. The Morgan fingerprint density at radius 1 is 1.19 bits per heavy atom. The molecular formula is C28H22N4O2S2. The van der Waals surface area contributed by atoms with Crippen LogP contribution in [-0.2, 0) is 17.6 Å². The lowest BCUT2D eigenvalue weighted by atomic mass is 9.85. The molecular weight excluding hydrogens is 488 g/mol. The number of nitriles is 1. The van der Waals surface area contributed by atoms with Crippen molar-refractivity contribution in [1.29, 1.82) is 5.26 Å². The van der Waals surface area contributed by atoms with Crippen LogP contribution in [0.25, 0.3) is 21.7 Å². The van der Waals surface area contributed by atoms with E-state index in [0.717, 1.165) is 51.4 Å². The normalized spacial score (nSPS) is 12.0. The number of aryl methyl sites for hydroxylation is 1. The second kappa shape index (κ2) is 10.8. The van der Waals surface area contributed by atoms with Crippen molar-refractivity contribution in [1.82, 2.24) is 10.4 Å². The van der Waals surface area contributed by atoms with Crippen molar-refractivity contribution in [2.75, 3.05) is 12.9 Å². The highest BCUT2D eigenvalue weighted by Gasteiger charge is 2.26. The van der Waals surface area contributed by atoms with Gasteiger partial charge in [-0.2, -0.15) is 10.4 Å². The molecule has 8 heteroatoms. The molecule has 5 rings (SSSR count). The van der Waals surface area contributed by atoms with Gasteiger partial charge in [0.25, 0.3) is 0 Å². The van der Waals surface area contributed by atoms with Crippen LogP contribution in [0.3, 0.4) is 0 Å². The van der Waals surface area contributed by atoms with Crippen molar-refractivity contribution >= 4 is 35.2 Å². The largest absolute Gasteiger partial charge is 0.497 e. The van der Waals surface area contributed by atoms with Gasteiger partial charge in [0, 0.05) is 16.0 Å². The Morgan fingerprint density at radius 2 is 2.03 bits per heavy atom. The monoisotopic (exact) mass is 510 g/mol. The van der Waals surface area contributed by atoms with E-state index in [4.69, 9.17) is 9.72 Å². The third-order valence-electron chi connectivity index (χ3n) is 5.92. The van der Waals surface area contributed by atoms with E-state index in [9.17, 15) is 10.1 Å². The number of ether oxygens (including phenoxy) is 1. The van der Waals surface area contributed by atoms with Crippen LogP contribution < -0.4 is 10.2 Å². The topological polar surface area (TPSA) is 87.4 Å². The summed E-state index contributed by atoms with van der Waals surface area (Å²) in [5, 5.41) is 16.8. The van der Waals surface area contributed by atoms with E-state index < -0.39 is 0 Å². The zero-order valence-electron chi connectivity index (χ0n) is 19.5. The number of fused-ring (bicyclic) bond motifs is 3. The summed E-state index contributed by atoms with van der Waals surface area (Å²) in [6.07, 6.45) is 3.31. The first-order valence-corrected chi connectivity index (χ1v) is 13.2. The minimum Gasteiger partial charge on any atom is -0.497 e. The molecule has 1 amide bonds. The molecule has 1 N–H and O–H groups in total. The van der Waals surface area contributed by atoms with Crippen LogP contribution in [0.2, 0.25) is 0 Å². The van der Waals surface area contributed by atoms with Gasteiger partial charge in [-0.15, -0.1) is 11.3 Å². The molecule has 4 aromatic rings. The van der Waals surface area contributed by atoms with Crippen LogP contribution in [-0.4, -0.2) is 30.0 Å². The Labute approximate surface area is 217 Å². The number of pyridine rings is 1. The molecule has 2 aromatic carbocycles. The van der Waals surface area contributed by atoms with Gasteiger partial charge in [0.1, 0.15) is 16.8 Å². The first kappa shape index (κ1) is 23.8. The number of carbonyl (C=O) groups excluding carboxylic acids is 1. The minimum absolute atomic E-state index is 0.0892. The van der Waals surface area contributed by atoms with Gasteiger partial charge in [-0.25, -0.2) is 10.4 Å². The molecule has 0 saturated carbocycles. The maximum Gasteiger partial charge on any atom is 0.250 e. The number of amides is 1. The Hall–Kier alpha value is -3.93. The second-order valence-corrected chi connectivity index (χ2v) is 10.0.